The van der Waals surface area contributed by atoms with Crippen molar-refractivity contribution in [2.45, 2.75) is 87.5 Å². The minimum Gasteiger partial charge on any atom is -0.358 e. The van der Waals surface area contributed by atoms with E-state index in [1.807, 2.05) is 0 Å². The van der Waals surface area contributed by atoms with Crippen LogP contribution in [0.4, 0.5) is 0 Å². The van der Waals surface area contributed by atoms with Gasteiger partial charge in [-0.25, -0.2) is 4.99 Å². The molecule has 188 valence electrons. The maximum absolute atomic E-state index is 5.16. The van der Waals surface area contributed by atoms with E-state index in [-0.39, 0.29) is 0 Å². The molecular weight excluding hydrogens is 440 g/mol. The second-order valence-corrected chi connectivity index (χ2v) is 10.3. The minimum atomic E-state index is 0.882. The van der Waals surface area contributed by atoms with Crippen LogP contribution in [0.3, 0.4) is 0 Å². The molecule has 0 spiro atoms. The molecule has 0 fully saturated rings. The van der Waals surface area contributed by atoms with Gasteiger partial charge in [-0.2, -0.15) is 0 Å². The van der Waals surface area contributed by atoms with Crippen LogP contribution in [-0.2, 0) is 25.7 Å². The molecule has 8 bridgehead atoms. The molecule has 4 heteroatoms. The van der Waals surface area contributed by atoms with Gasteiger partial charge in [0.2, 0.25) is 0 Å². The van der Waals surface area contributed by atoms with E-state index in [1.54, 1.807) is 0 Å². The zero-order chi connectivity index (χ0) is 25.7. The molecule has 0 saturated carbocycles. The van der Waals surface area contributed by atoms with Crippen LogP contribution >= 0.6 is 0 Å². The summed E-state index contributed by atoms with van der Waals surface area (Å²) in [5, 5.41) is 2.36. The Morgan fingerprint density at radius 2 is 1.33 bits per heavy atom. The number of hydrogen-bond acceptors (Lipinski definition) is 1. The van der Waals surface area contributed by atoms with Crippen molar-refractivity contribution in [3.63, 3.8) is 0 Å². The number of aromatic nitrogens is 3. The Kier molecular flexibility index (Phi) is 6.32. The summed E-state index contributed by atoms with van der Waals surface area (Å²) in [6.45, 7) is 18.0. The van der Waals surface area contributed by atoms with Crippen molar-refractivity contribution in [1.29, 1.82) is 0 Å². The molecule has 3 aromatic heterocycles. The Hall–Kier alpha value is -3.27. The van der Waals surface area contributed by atoms with E-state index in [1.165, 1.54) is 72.7 Å². The van der Waals surface area contributed by atoms with E-state index in [2.05, 4.69) is 88.6 Å². The average molecular weight is 481 g/mol. The molecule has 0 saturated heterocycles. The Bertz CT molecular complexity index is 1570. The minimum absolute atomic E-state index is 0.882. The fourth-order valence-electron chi connectivity index (χ4n) is 6.30. The third-order valence-electron chi connectivity index (χ3n) is 8.48. The van der Waals surface area contributed by atoms with Crippen LogP contribution in [0.15, 0.2) is 21.8 Å². The first-order valence-corrected chi connectivity index (χ1v) is 13.6. The smallest absolute Gasteiger partial charge is 0.0693 e. The summed E-state index contributed by atoms with van der Waals surface area (Å²) in [7, 11) is 0. The first-order chi connectivity index (χ1) is 17.3. The monoisotopic (exact) mass is 480 g/mol. The molecule has 0 atom stereocenters. The van der Waals surface area contributed by atoms with Crippen molar-refractivity contribution in [2.24, 2.45) is 4.99 Å². The fourth-order valence-corrected chi connectivity index (χ4v) is 6.30. The summed E-state index contributed by atoms with van der Waals surface area (Å²) in [6.07, 6.45) is 11.7. The van der Waals surface area contributed by atoms with E-state index in [0.29, 0.717) is 0 Å². The number of allylic oxidation sites excluding steroid dienone is 2. The van der Waals surface area contributed by atoms with Gasteiger partial charge in [-0.05, 0) is 116 Å². The molecule has 2 aliphatic heterocycles. The van der Waals surface area contributed by atoms with E-state index >= 15 is 0 Å². The van der Waals surface area contributed by atoms with Crippen molar-refractivity contribution >= 4 is 23.9 Å². The molecule has 0 aliphatic carbocycles. The van der Waals surface area contributed by atoms with Crippen molar-refractivity contribution in [3.05, 3.63) is 83.7 Å². The number of fused-ring (bicyclic) bond motifs is 7. The summed E-state index contributed by atoms with van der Waals surface area (Å²) >= 11 is 0. The molecular formula is C32H40N4. The van der Waals surface area contributed by atoms with Gasteiger partial charge in [0, 0.05) is 39.9 Å². The number of hydrogen-bond donors (Lipinski definition) is 3. The summed E-state index contributed by atoms with van der Waals surface area (Å²) in [5.41, 5.74) is 18.1. The molecule has 3 aromatic rings. The second-order valence-electron chi connectivity index (χ2n) is 10.3. The zero-order valence-electron chi connectivity index (χ0n) is 23.2. The quantitative estimate of drug-likeness (QED) is 0.409. The predicted molar refractivity (Wildman–Crippen MR) is 153 cm³/mol. The summed E-state index contributed by atoms with van der Waals surface area (Å²) in [5.74, 6) is 0. The van der Waals surface area contributed by atoms with Crippen LogP contribution in [0.5, 0.6) is 0 Å². The lowest BCUT2D eigenvalue weighted by atomic mass is 10.0. The van der Waals surface area contributed by atoms with Crippen LogP contribution in [0.1, 0.15) is 97.2 Å². The fraction of sp³-hybridized carbons (Fsp3) is 0.406. The molecule has 5 heterocycles. The zero-order valence-corrected chi connectivity index (χ0v) is 23.2. The highest BCUT2D eigenvalue weighted by Crippen LogP contribution is 2.32. The molecule has 3 N–H and O–H groups in total. The standard InChI is InChI=1S/C32H40N4/c1-9-21-17(5)25-14-30-23(11-3)19(7)27(35-30)16-32-24(12-4)20(8)28(36-32)15-31-22(10-2)18(6)26(34-31)13-29(21)33-25/h13-15,34-36H,9-12,16H2,1-8H3. The van der Waals surface area contributed by atoms with Crippen molar-refractivity contribution in [2.75, 3.05) is 0 Å². The maximum atomic E-state index is 5.16. The van der Waals surface area contributed by atoms with Crippen LogP contribution in [0.25, 0.3) is 18.2 Å². The molecule has 0 unspecified atom stereocenters. The first kappa shape index (κ1) is 24.4. The number of nitrogens with zero attached hydrogens (tertiary/aromatic N) is 1. The Balaban J connectivity index is 1.87. The van der Waals surface area contributed by atoms with Gasteiger partial charge in [0.15, 0.2) is 0 Å². The molecule has 36 heavy (non-hydrogen) atoms. The SMILES string of the molecule is CCC1=C(C)C2=Cc3[nH]c(c(C)c3CC)Cc3[nH]c(c(C)c3CC)C=c3[nH]c(c(C)c3CC)=CC1=N2. The van der Waals surface area contributed by atoms with Gasteiger partial charge in [-0.3, -0.25) is 0 Å². The molecule has 5 rings (SSSR count). The number of H-pyrrole nitrogens is 3. The topological polar surface area (TPSA) is 59.7 Å². The van der Waals surface area contributed by atoms with Gasteiger partial charge in [-0.15, -0.1) is 0 Å². The Morgan fingerprint density at radius 3 is 2.00 bits per heavy atom. The largest absolute Gasteiger partial charge is 0.358 e. The lowest BCUT2D eigenvalue weighted by Crippen LogP contribution is -2.14. The second kappa shape index (κ2) is 9.31. The predicted octanol–water partition coefficient (Wildman–Crippen LogP) is 6.02. The van der Waals surface area contributed by atoms with Crippen LogP contribution in [-0.4, -0.2) is 20.7 Å². The lowest BCUT2D eigenvalue weighted by molar-refractivity contribution is 0.984. The Labute approximate surface area is 215 Å². The van der Waals surface area contributed by atoms with Crippen LogP contribution < -0.4 is 10.7 Å². The summed E-state index contributed by atoms with van der Waals surface area (Å²) in [4.78, 5) is 16.5. The summed E-state index contributed by atoms with van der Waals surface area (Å²) in [6, 6.07) is 0. The number of aliphatic imine (C=N–C) groups is 1. The lowest BCUT2D eigenvalue weighted by Gasteiger charge is -2.04. The van der Waals surface area contributed by atoms with Gasteiger partial charge in [0.1, 0.15) is 0 Å². The van der Waals surface area contributed by atoms with E-state index in [0.717, 1.165) is 48.9 Å². The molecule has 4 nitrogen and oxygen atoms in total. The molecule has 0 amide bonds. The number of rotatable bonds is 4. The van der Waals surface area contributed by atoms with Gasteiger partial charge >= 0.3 is 0 Å². The Morgan fingerprint density at radius 1 is 0.639 bits per heavy atom. The molecule has 2 aliphatic rings. The molecule has 0 radical (unpaired) electrons. The van der Waals surface area contributed by atoms with Crippen LogP contribution in [0, 0.1) is 20.8 Å². The van der Waals surface area contributed by atoms with Crippen molar-refractivity contribution in [1.82, 2.24) is 15.0 Å². The van der Waals surface area contributed by atoms with Crippen molar-refractivity contribution in [3.8, 4) is 0 Å². The third kappa shape index (κ3) is 3.78. The van der Waals surface area contributed by atoms with E-state index in [4.69, 9.17) is 4.99 Å². The summed E-state index contributed by atoms with van der Waals surface area (Å²) < 4.78 is 0. The highest BCUT2D eigenvalue weighted by atomic mass is 14.8. The normalized spacial score (nSPS) is 15.1. The van der Waals surface area contributed by atoms with Gasteiger partial charge in [-0.1, -0.05) is 27.7 Å². The van der Waals surface area contributed by atoms with Crippen molar-refractivity contribution < 1.29 is 0 Å². The van der Waals surface area contributed by atoms with Crippen LogP contribution in [0.2, 0.25) is 0 Å². The number of aromatic amines is 3. The van der Waals surface area contributed by atoms with Gasteiger partial charge in [0.25, 0.3) is 0 Å². The number of nitrogens with one attached hydrogen (secondary N) is 3. The average Bonchev–Trinajstić information content (AvgIpc) is 3.51. The maximum Gasteiger partial charge on any atom is 0.0693 e. The third-order valence-corrected chi connectivity index (χ3v) is 8.48. The van der Waals surface area contributed by atoms with E-state index < -0.39 is 0 Å². The van der Waals surface area contributed by atoms with E-state index in [9.17, 15) is 0 Å². The highest BCUT2D eigenvalue weighted by molar-refractivity contribution is 6.23. The molecule has 0 aromatic carbocycles. The van der Waals surface area contributed by atoms with Gasteiger partial charge < -0.3 is 15.0 Å². The van der Waals surface area contributed by atoms with Gasteiger partial charge in [0.05, 0.1) is 11.4 Å². The highest BCUT2D eigenvalue weighted by Gasteiger charge is 2.21. The first-order valence-electron chi connectivity index (χ1n) is 13.6.